The third-order valence-corrected chi connectivity index (χ3v) is 4.75. The molecule has 30 heavy (non-hydrogen) atoms. The van der Waals surface area contributed by atoms with Gasteiger partial charge in [-0.15, -0.1) is 0 Å². The molecule has 0 atom stereocenters. The summed E-state index contributed by atoms with van der Waals surface area (Å²) in [6, 6.07) is 15.5. The number of methoxy groups -OCH3 is 1. The first-order chi connectivity index (χ1) is 14.5. The number of non-ortho nitro benzene ring substituents is 1. The van der Waals surface area contributed by atoms with E-state index in [0.29, 0.717) is 17.2 Å². The van der Waals surface area contributed by atoms with Crippen LogP contribution in [0.5, 0.6) is 11.5 Å². The molecule has 0 aromatic heterocycles. The van der Waals surface area contributed by atoms with Gasteiger partial charge in [-0.1, -0.05) is 12.1 Å². The van der Waals surface area contributed by atoms with Crippen molar-refractivity contribution < 1.29 is 18.8 Å². The predicted octanol–water partition coefficient (Wildman–Crippen LogP) is 5.53. The van der Waals surface area contributed by atoms with E-state index in [1.54, 1.807) is 42.6 Å². The summed E-state index contributed by atoms with van der Waals surface area (Å²) in [5.41, 5.74) is 4.99. The molecule has 0 fully saturated rings. The van der Waals surface area contributed by atoms with Crippen molar-refractivity contribution in [2.75, 3.05) is 12.5 Å². The van der Waals surface area contributed by atoms with Crippen LogP contribution in [0, 0.1) is 15.9 Å². The maximum Gasteiger partial charge on any atom is 0.269 e. The molecule has 3 aromatic carbocycles. The summed E-state index contributed by atoms with van der Waals surface area (Å²) in [5.74, 6) is 0.733. The summed E-state index contributed by atoms with van der Waals surface area (Å²) in [4.78, 5) is 10.2. The molecule has 0 radical (unpaired) electrons. The van der Waals surface area contributed by atoms with E-state index in [4.69, 9.17) is 9.47 Å². The van der Waals surface area contributed by atoms with E-state index in [2.05, 4.69) is 26.5 Å². The van der Waals surface area contributed by atoms with Gasteiger partial charge in [0, 0.05) is 22.2 Å². The maximum absolute atomic E-state index is 13.0. The van der Waals surface area contributed by atoms with Crippen LogP contribution in [0.1, 0.15) is 11.1 Å². The number of hydrazone groups is 1. The number of anilines is 1. The van der Waals surface area contributed by atoms with Gasteiger partial charge in [-0.25, -0.2) is 4.39 Å². The molecule has 0 bridgehead atoms. The fraction of sp³-hybridized carbons (Fsp3) is 0.0952. The van der Waals surface area contributed by atoms with Gasteiger partial charge in [-0.05, 0) is 57.9 Å². The highest BCUT2D eigenvalue weighted by Crippen LogP contribution is 2.33. The largest absolute Gasteiger partial charge is 0.493 e. The van der Waals surface area contributed by atoms with E-state index in [0.717, 1.165) is 15.6 Å². The number of nitro groups is 1. The number of hydrogen-bond acceptors (Lipinski definition) is 6. The third kappa shape index (κ3) is 5.54. The lowest BCUT2D eigenvalue weighted by molar-refractivity contribution is -0.384. The van der Waals surface area contributed by atoms with Crippen LogP contribution >= 0.6 is 15.9 Å². The van der Waals surface area contributed by atoms with Crippen molar-refractivity contribution >= 4 is 33.5 Å². The van der Waals surface area contributed by atoms with Crippen LogP contribution in [-0.2, 0) is 6.61 Å². The minimum atomic E-state index is -0.462. The van der Waals surface area contributed by atoms with E-state index in [1.165, 1.54) is 31.4 Å². The van der Waals surface area contributed by atoms with Gasteiger partial charge in [-0.3, -0.25) is 15.5 Å². The Bertz CT molecular complexity index is 1060. The maximum atomic E-state index is 13.0. The number of hydrogen-bond donors (Lipinski definition) is 1. The van der Waals surface area contributed by atoms with Crippen LogP contribution in [-0.4, -0.2) is 18.2 Å². The topological polar surface area (TPSA) is 86.0 Å². The molecule has 1 N–H and O–H groups in total. The van der Waals surface area contributed by atoms with Gasteiger partial charge < -0.3 is 9.47 Å². The van der Waals surface area contributed by atoms with E-state index < -0.39 is 4.92 Å². The Hall–Kier alpha value is -3.46. The number of rotatable bonds is 8. The first kappa shape index (κ1) is 21.3. The van der Waals surface area contributed by atoms with Gasteiger partial charge in [0.2, 0.25) is 0 Å². The Morgan fingerprint density at radius 2 is 1.83 bits per heavy atom. The Labute approximate surface area is 180 Å². The van der Waals surface area contributed by atoms with Gasteiger partial charge in [0.05, 0.1) is 23.9 Å². The summed E-state index contributed by atoms with van der Waals surface area (Å²) in [6.07, 6.45) is 1.58. The molecule has 0 unspecified atom stereocenters. The lowest BCUT2D eigenvalue weighted by Crippen LogP contribution is -1.99. The second kappa shape index (κ2) is 9.84. The molecule has 9 heteroatoms. The Morgan fingerprint density at radius 3 is 2.47 bits per heavy atom. The van der Waals surface area contributed by atoms with Crippen LogP contribution in [0.4, 0.5) is 15.8 Å². The number of nitro benzene ring substituents is 1. The average Bonchev–Trinajstić information content (AvgIpc) is 2.75. The zero-order chi connectivity index (χ0) is 21.5. The van der Waals surface area contributed by atoms with Crippen molar-refractivity contribution in [3.63, 3.8) is 0 Å². The fourth-order valence-electron chi connectivity index (χ4n) is 2.50. The smallest absolute Gasteiger partial charge is 0.269 e. The van der Waals surface area contributed by atoms with Crippen LogP contribution < -0.4 is 14.9 Å². The highest BCUT2D eigenvalue weighted by molar-refractivity contribution is 9.10. The van der Waals surface area contributed by atoms with Crippen LogP contribution in [0.15, 0.2) is 70.2 Å². The summed E-state index contributed by atoms with van der Waals surface area (Å²) >= 11 is 3.48. The molecular weight excluding hydrogens is 457 g/mol. The first-order valence-corrected chi connectivity index (χ1v) is 9.54. The van der Waals surface area contributed by atoms with Gasteiger partial charge >= 0.3 is 0 Å². The average molecular weight is 474 g/mol. The number of benzene rings is 3. The normalized spacial score (nSPS) is 10.8. The van der Waals surface area contributed by atoms with Crippen molar-refractivity contribution in [1.82, 2.24) is 0 Å². The van der Waals surface area contributed by atoms with Gasteiger partial charge in [0.25, 0.3) is 5.69 Å². The number of ether oxygens (including phenoxy) is 2. The third-order valence-electron chi connectivity index (χ3n) is 4.07. The van der Waals surface area contributed by atoms with Gasteiger partial charge in [0.15, 0.2) is 11.5 Å². The minimum absolute atomic E-state index is 0.00763. The molecule has 0 spiro atoms. The number of halogens is 2. The SMILES string of the molecule is COc1cc(C=NNc2ccc([N+](=O)[O-])cc2)c(Br)cc1OCc1ccc(F)cc1. The molecule has 0 saturated carbocycles. The van der Waals surface area contributed by atoms with Crippen molar-refractivity contribution in [3.05, 3.63) is 92.2 Å². The summed E-state index contributed by atoms with van der Waals surface area (Å²) in [7, 11) is 1.53. The Kier molecular flexibility index (Phi) is 6.97. The Morgan fingerprint density at radius 1 is 1.13 bits per heavy atom. The van der Waals surface area contributed by atoms with Crippen LogP contribution in [0.2, 0.25) is 0 Å². The summed E-state index contributed by atoms with van der Waals surface area (Å²) in [5, 5.41) is 14.8. The van der Waals surface area contributed by atoms with E-state index >= 15 is 0 Å². The van der Waals surface area contributed by atoms with E-state index in [9.17, 15) is 14.5 Å². The molecule has 0 aliphatic carbocycles. The second-order valence-corrected chi connectivity index (χ2v) is 6.97. The van der Waals surface area contributed by atoms with Gasteiger partial charge in [-0.2, -0.15) is 5.10 Å². The zero-order valence-corrected chi connectivity index (χ0v) is 17.4. The van der Waals surface area contributed by atoms with Crippen molar-refractivity contribution in [2.24, 2.45) is 5.10 Å². The predicted molar refractivity (Wildman–Crippen MR) is 116 cm³/mol. The minimum Gasteiger partial charge on any atom is -0.493 e. The van der Waals surface area contributed by atoms with Crippen LogP contribution in [0.3, 0.4) is 0 Å². The number of nitrogens with one attached hydrogen (secondary N) is 1. The summed E-state index contributed by atoms with van der Waals surface area (Å²) < 4.78 is 24.9. The summed E-state index contributed by atoms with van der Waals surface area (Å²) in [6.45, 7) is 0.262. The first-order valence-electron chi connectivity index (χ1n) is 8.74. The second-order valence-electron chi connectivity index (χ2n) is 6.11. The number of nitrogens with zero attached hydrogens (tertiary/aromatic N) is 2. The van der Waals surface area contributed by atoms with Crippen LogP contribution in [0.25, 0.3) is 0 Å². The van der Waals surface area contributed by atoms with E-state index in [1.807, 2.05) is 0 Å². The monoisotopic (exact) mass is 473 g/mol. The molecule has 0 aliphatic heterocycles. The fourth-order valence-corrected chi connectivity index (χ4v) is 2.92. The van der Waals surface area contributed by atoms with Crippen molar-refractivity contribution in [3.8, 4) is 11.5 Å². The molecular formula is C21H17BrFN3O4. The molecule has 7 nitrogen and oxygen atoms in total. The lowest BCUT2D eigenvalue weighted by atomic mass is 10.2. The Balaban J connectivity index is 1.68. The molecule has 3 aromatic rings. The highest BCUT2D eigenvalue weighted by Gasteiger charge is 2.10. The highest BCUT2D eigenvalue weighted by atomic mass is 79.9. The van der Waals surface area contributed by atoms with Crippen molar-refractivity contribution in [1.29, 1.82) is 0 Å². The molecule has 0 saturated heterocycles. The van der Waals surface area contributed by atoms with Gasteiger partial charge in [0.1, 0.15) is 12.4 Å². The van der Waals surface area contributed by atoms with Crippen molar-refractivity contribution in [2.45, 2.75) is 6.61 Å². The standard InChI is InChI=1S/C21H17BrFN3O4/c1-29-20-10-15(12-24-25-17-6-8-18(9-7-17)26(27)28)19(22)11-21(20)30-13-14-2-4-16(23)5-3-14/h2-12,25H,13H2,1H3. The molecule has 0 amide bonds. The zero-order valence-electron chi connectivity index (χ0n) is 15.8. The molecule has 0 heterocycles. The molecule has 154 valence electrons. The molecule has 3 rings (SSSR count). The lowest BCUT2D eigenvalue weighted by Gasteiger charge is -2.13. The quantitative estimate of drug-likeness (QED) is 0.264. The van der Waals surface area contributed by atoms with E-state index in [-0.39, 0.29) is 18.1 Å². The molecule has 0 aliphatic rings.